The molecule has 17 aromatic rings. The van der Waals surface area contributed by atoms with E-state index in [1.165, 1.54) is 132 Å². The van der Waals surface area contributed by atoms with Crippen molar-refractivity contribution in [2.75, 3.05) is 0 Å². The van der Waals surface area contributed by atoms with Gasteiger partial charge in [0.2, 0.25) is 0 Å². The predicted molar refractivity (Wildman–Crippen MR) is 392 cm³/mol. The molecule has 5 nitrogen and oxygen atoms in total. The molecule has 4 heterocycles. The van der Waals surface area contributed by atoms with E-state index >= 15 is 0 Å². The molecule has 444 valence electrons. The Kier molecular flexibility index (Phi) is 10.7. The highest BCUT2D eigenvalue weighted by Gasteiger charge is 2.41. The van der Waals surface area contributed by atoms with Gasteiger partial charge in [-0.15, -0.1) is 0 Å². The van der Waals surface area contributed by atoms with Gasteiger partial charge in [-0.1, -0.05) is 230 Å². The summed E-state index contributed by atoms with van der Waals surface area (Å²) in [5, 5.41) is 8.69. The fraction of sp³-hybridized carbons (Fsp3) is 0.101. The van der Waals surface area contributed by atoms with Gasteiger partial charge in [-0.3, -0.25) is 0 Å². The lowest BCUT2D eigenvalue weighted by atomic mass is 9.80. The molecular weight excluding hydrogens is 1140 g/mol. The van der Waals surface area contributed by atoms with Crippen LogP contribution < -0.4 is 0 Å². The van der Waals surface area contributed by atoms with Gasteiger partial charge in [-0.05, 0) is 163 Å². The van der Waals surface area contributed by atoms with Gasteiger partial charge in [0.25, 0.3) is 0 Å². The lowest BCUT2D eigenvalue weighted by Gasteiger charge is -2.22. The fourth-order valence-electron chi connectivity index (χ4n) is 17.9. The second-order valence-electron chi connectivity index (χ2n) is 28.0. The Balaban J connectivity index is 0.775. The van der Waals surface area contributed by atoms with E-state index < -0.39 is 0 Å². The molecule has 0 saturated heterocycles. The van der Waals surface area contributed by atoms with Crippen LogP contribution in [0.2, 0.25) is 0 Å². The summed E-state index contributed by atoms with van der Waals surface area (Å²) in [5.74, 6) is 0.668. The SMILES string of the molecule is CC1(C)c2ccccc2-c2ccc3c(c21)c1ccccc1n3-c1cccc(-c2ccc3nc(-c4cccc(-n5c6ccccc6c6c7c(ccc65)-c5ccccc5C7(C)C)c4)nc(-c4cccc(-n5c6ccccc6c6c7c(ccc65)-c5ccccc5C7(C)C)c4)c3c2)c1. The molecule has 0 atom stereocenters. The molecule has 0 amide bonds. The van der Waals surface area contributed by atoms with Crippen molar-refractivity contribution in [1.82, 2.24) is 23.7 Å². The van der Waals surface area contributed by atoms with E-state index in [2.05, 4.69) is 328 Å². The van der Waals surface area contributed by atoms with E-state index in [1.54, 1.807) is 0 Å². The van der Waals surface area contributed by atoms with Gasteiger partial charge in [0.15, 0.2) is 5.82 Å². The maximum atomic E-state index is 5.80. The number of fused-ring (bicyclic) bond motifs is 22. The highest BCUT2D eigenvalue weighted by molar-refractivity contribution is 6.17. The smallest absolute Gasteiger partial charge is 0.160 e. The van der Waals surface area contributed by atoms with Crippen LogP contribution in [-0.2, 0) is 16.2 Å². The summed E-state index contributed by atoms with van der Waals surface area (Å²) in [7, 11) is 0. The number of hydrogen-bond donors (Lipinski definition) is 0. The number of benzene rings is 13. The van der Waals surface area contributed by atoms with Crippen LogP contribution >= 0.6 is 0 Å². The molecule has 0 bridgehead atoms. The van der Waals surface area contributed by atoms with Crippen LogP contribution in [0.5, 0.6) is 0 Å². The van der Waals surface area contributed by atoms with Gasteiger partial charge in [-0.2, -0.15) is 0 Å². The minimum Gasteiger partial charge on any atom is -0.309 e. The van der Waals surface area contributed by atoms with E-state index in [0.717, 1.165) is 55.9 Å². The van der Waals surface area contributed by atoms with Crippen LogP contribution in [-0.4, -0.2) is 23.7 Å². The van der Waals surface area contributed by atoms with E-state index in [-0.39, 0.29) is 16.2 Å². The second kappa shape index (κ2) is 18.9. The lowest BCUT2D eigenvalue weighted by Crippen LogP contribution is -2.15. The third kappa shape index (κ3) is 7.08. The quantitative estimate of drug-likeness (QED) is 0.166. The van der Waals surface area contributed by atoms with Crippen molar-refractivity contribution in [2.24, 2.45) is 0 Å². The standard InChI is InChI=1S/C89H63N5/c1-87(2)69-34-13-7-28-59(69)62-41-45-76-79(82(62)87)65-31-10-16-37-73(65)92(76)56-25-19-22-52(48-56)53-40-44-72-68(51-53)85(54-23-20-26-57(49-54)93-74-38-17-11-32-66(74)80-77(93)46-42-63-60-29-8-14-35-70(60)88(3,4)83(63)80)91-86(90-72)55-24-21-27-58(50-55)94-75-39-18-12-33-67(75)81-78(94)47-43-64-61-30-9-15-36-71(61)89(5,6)84(64)81/h7-51H,1-6H3. The summed E-state index contributed by atoms with van der Waals surface area (Å²) in [5.41, 5.74) is 32.0. The number of para-hydroxylation sites is 3. The number of rotatable bonds is 6. The first-order valence-corrected chi connectivity index (χ1v) is 33.1. The van der Waals surface area contributed by atoms with Gasteiger partial charge in [0.05, 0.1) is 44.3 Å². The van der Waals surface area contributed by atoms with Crippen molar-refractivity contribution < 1.29 is 0 Å². The molecule has 13 aromatic carbocycles. The van der Waals surface area contributed by atoms with Gasteiger partial charge < -0.3 is 13.7 Å². The molecule has 0 fully saturated rings. The minimum absolute atomic E-state index is 0.165. The Labute approximate surface area is 545 Å². The van der Waals surface area contributed by atoms with Crippen LogP contribution in [0.15, 0.2) is 273 Å². The van der Waals surface area contributed by atoms with Crippen molar-refractivity contribution in [3.8, 4) is 84.2 Å². The molecule has 0 unspecified atom stereocenters. The topological polar surface area (TPSA) is 40.6 Å². The first-order chi connectivity index (χ1) is 45.9. The largest absolute Gasteiger partial charge is 0.309 e. The van der Waals surface area contributed by atoms with Gasteiger partial charge in [-0.25, -0.2) is 9.97 Å². The minimum atomic E-state index is -0.188. The third-order valence-corrected chi connectivity index (χ3v) is 21.9. The van der Waals surface area contributed by atoms with Crippen molar-refractivity contribution in [3.05, 3.63) is 306 Å². The summed E-state index contributed by atoms with van der Waals surface area (Å²) < 4.78 is 7.40. The number of aromatic nitrogens is 5. The van der Waals surface area contributed by atoms with Crippen LogP contribution in [0.1, 0.15) is 74.9 Å². The zero-order valence-corrected chi connectivity index (χ0v) is 53.2. The van der Waals surface area contributed by atoms with Crippen LogP contribution in [0, 0.1) is 0 Å². The predicted octanol–water partition coefficient (Wildman–Crippen LogP) is 22.8. The summed E-state index contributed by atoms with van der Waals surface area (Å²) in [4.78, 5) is 11.4. The third-order valence-electron chi connectivity index (χ3n) is 21.9. The van der Waals surface area contributed by atoms with Crippen LogP contribution in [0.4, 0.5) is 0 Å². The molecule has 4 aromatic heterocycles. The van der Waals surface area contributed by atoms with Crippen molar-refractivity contribution in [2.45, 2.75) is 57.8 Å². The normalized spacial score (nSPS) is 14.5. The highest BCUT2D eigenvalue weighted by Crippen LogP contribution is 2.57. The number of nitrogens with zero attached hydrogens (tertiary/aromatic N) is 5. The Morgan fingerprint density at radius 1 is 0.255 bits per heavy atom. The molecule has 20 rings (SSSR count). The van der Waals surface area contributed by atoms with Crippen molar-refractivity contribution in [3.63, 3.8) is 0 Å². The Hall–Kier alpha value is -11.4. The summed E-state index contributed by atoms with van der Waals surface area (Å²) in [6.07, 6.45) is 0. The Morgan fingerprint density at radius 3 is 1.06 bits per heavy atom. The first kappa shape index (κ1) is 53.3. The van der Waals surface area contributed by atoms with Gasteiger partial charge >= 0.3 is 0 Å². The zero-order valence-electron chi connectivity index (χ0n) is 53.2. The summed E-state index contributed by atoms with van der Waals surface area (Å²) in [6, 6.07) is 102. The molecule has 3 aliphatic rings. The first-order valence-electron chi connectivity index (χ1n) is 33.1. The Morgan fingerprint density at radius 2 is 0.617 bits per heavy atom. The maximum Gasteiger partial charge on any atom is 0.160 e. The summed E-state index contributed by atoms with van der Waals surface area (Å²) in [6.45, 7) is 14.3. The molecule has 0 radical (unpaired) electrons. The average Bonchev–Trinajstić information content (AvgIpc) is 1.55. The fourth-order valence-corrected chi connectivity index (χ4v) is 17.9. The highest BCUT2D eigenvalue weighted by atomic mass is 15.0. The molecular formula is C89H63N5. The van der Waals surface area contributed by atoms with Gasteiger partial charge in [0.1, 0.15) is 0 Å². The van der Waals surface area contributed by atoms with E-state index in [0.29, 0.717) is 5.82 Å². The molecule has 0 spiro atoms. The van der Waals surface area contributed by atoms with E-state index in [9.17, 15) is 0 Å². The molecule has 0 aliphatic heterocycles. The van der Waals surface area contributed by atoms with Crippen LogP contribution in [0.25, 0.3) is 161 Å². The Bertz CT molecular complexity index is 6210. The zero-order chi connectivity index (χ0) is 62.7. The second-order valence-corrected chi connectivity index (χ2v) is 28.0. The molecule has 0 saturated carbocycles. The van der Waals surface area contributed by atoms with Crippen LogP contribution in [0.3, 0.4) is 0 Å². The van der Waals surface area contributed by atoms with E-state index in [1.807, 2.05) is 0 Å². The summed E-state index contributed by atoms with van der Waals surface area (Å²) >= 11 is 0. The molecule has 3 aliphatic carbocycles. The maximum absolute atomic E-state index is 5.80. The number of hydrogen-bond acceptors (Lipinski definition) is 2. The molecule has 94 heavy (non-hydrogen) atoms. The molecule has 0 N–H and O–H groups in total. The van der Waals surface area contributed by atoms with E-state index in [4.69, 9.17) is 9.97 Å². The van der Waals surface area contributed by atoms with Crippen molar-refractivity contribution in [1.29, 1.82) is 0 Å². The van der Waals surface area contributed by atoms with Crippen molar-refractivity contribution >= 4 is 76.3 Å². The molecule has 5 heteroatoms. The monoisotopic (exact) mass is 1200 g/mol. The average molecular weight is 1200 g/mol. The lowest BCUT2D eigenvalue weighted by molar-refractivity contribution is 0.666. The van der Waals surface area contributed by atoms with Gasteiger partial charge in [0, 0.05) is 82.1 Å².